The van der Waals surface area contributed by atoms with Crippen molar-refractivity contribution in [2.75, 3.05) is 25.0 Å². The molecule has 0 bridgehead atoms. The van der Waals surface area contributed by atoms with E-state index in [9.17, 15) is 9.59 Å². The van der Waals surface area contributed by atoms with E-state index in [0.717, 1.165) is 30.0 Å². The molecule has 0 saturated carbocycles. The maximum Gasteiger partial charge on any atom is 0.341 e. The lowest BCUT2D eigenvalue weighted by Crippen LogP contribution is -2.36. The van der Waals surface area contributed by atoms with Gasteiger partial charge in [0.25, 0.3) is 0 Å². The molecule has 7 heteroatoms. The Morgan fingerprint density at radius 1 is 1.36 bits per heavy atom. The highest BCUT2D eigenvalue weighted by atomic mass is 32.1. The van der Waals surface area contributed by atoms with Crippen molar-refractivity contribution in [2.24, 2.45) is 0 Å². The van der Waals surface area contributed by atoms with Gasteiger partial charge < -0.3 is 10.1 Å². The highest BCUT2D eigenvalue weighted by molar-refractivity contribution is 7.16. The van der Waals surface area contributed by atoms with Gasteiger partial charge in [0, 0.05) is 22.8 Å². The zero-order chi connectivity index (χ0) is 18.0. The fourth-order valence-electron chi connectivity index (χ4n) is 2.98. The van der Waals surface area contributed by atoms with Crippen LogP contribution in [-0.2, 0) is 22.5 Å². The van der Waals surface area contributed by atoms with Crippen molar-refractivity contribution in [3.8, 4) is 0 Å². The maximum atomic E-state index is 12.5. The van der Waals surface area contributed by atoms with Gasteiger partial charge in [0.05, 0.1) is 18.7 Å². The van der Waals surface area contributed by atoms with E-state index in [1.807, 2.05) is 13.8 Å². The lowest BCUT2D eigenvalue weighted by molar-refractivity contribution is -0.117. The van der Waals surface area contributed by atoms with E-state index >= 15 is 0 Å². The van der Waals surface area contributed by atoms with E-state index in [0.29, 0.717) is 23.7 Å². The van der Waals surface area contributed by atoms with Crippen molar-refractivity contribution >= 4 is 39.6 Å². The van der Waals surface area contributed by atoms with Crippen LogP contribution in [0.5, 0.6) is 0 Å². The minimum Gasteiger partial charge on any atom is -0.462 e. The first-order valence-corrected chi connectivity index (χ1v) is 10.0. The molecule has 1 aliphatic rings. The number of carbonyl (C=O) groups is 2. The Morgan fingerprint density at radius 2 is 2.16 bits per heavy atom. The van der Waals surface area contributed by atoms with Gasteiger partial charge in [0.1, 0.15) is 5.00 Å². The summed E-state index contributed by atoms with van der Waals surface area (Å²) in [6.07, 6.45) is 0.992. The van der Waals surface area contributed by atoms with Gasteiger partial charge >= 0.3 is 5.97 Å². The van der Waals surface area contributed by atoms with Crippen molar-refractivity contribution in [1.82, 2.24) is 4.90 Å². The van der Waals surface area contributed by atoms with Crippen LogP contribution in [0.3, 0.4) is 0 Å². The molecule has 5 nitrogen and oxygen atoms in total. The molecule has 3 rings (SSSR count). The number of anilines is 1. The number of fused-ring (bicyclic) bond motifs is 1. The van der Waals surface area contributed by atoms with Crippen LogP contribution < -0.4 is 5.32 Å². The molecule has 0 aromatic carbocycles. The van der Waals surface area contributed by atoms with Crippen molar-refractivity contribution in [3.05, 3.63) is 37.9 Å². The number of nitrogens with one attached hydrogen (secondary N) is 1. The van der Waals surface area contributed by atoms with Crippen molar-refractivity contribution in [1.29, 1.82) is 0 Å². The minimum absolute atomic E-state index is 0.0921. The van der Waals surface area contributed by atoms with Gasteiger partial charge in [-0.15, -0.1) is 22.7 Å². The molecule has 0 atom stereocenters. The number of ether oxygens (including phenoxy) is 1. The number of amides is 1. The summed E-state index contributed by atoms with van der Waals surface area (Å²) < 4.78 is 5.13. The van der Waals surface area contributed by atoms with E-state index in [1.165, 1.54) is 21.8 Å². The Labute approximate surface area is 155 Å². The Balaban J connectivity index is 1.67. The molecule has 0 unspecified atom stereocenters. The smallest absolute Gasteiger partial charge is 0.341 e. The van der Waals surface area contributed by atoms with E-state index in [1.54, 1.807) is 18.3 Å². The largest absolute Gasteiger partial charge is 0.462 e. The van der Waals surface area contributed by atoms with Gasteiger partial charge in [-0.25, -0.2) is 4.79 Å². The summed E-state index contributed by atoms with van der Waals surface area (Å²) in [7, 11) is 0. The van der Waals surface area contributed by atoms with Gasteiger partial charge in [0.15, 0.2) is 0 Å². The third-order valence-electron chi connectivity index (χ3n) is 4.37. The maximum absolute atomic E-state index is 12.5. The lowest BCUT2D eigenvalue weighted by atomic mass is 10.1. The average molecular weight is 379 g/mol. The Hall–Kier alpha value is -1.70. The number of nitrogens with zero attached hydrogens (tertiary/aromatic N) is 1. The van der Waals surface area contributed by atoms with Crippen LogP contribution in [-0.4, -0.2) is 36.5 Å². The van der Waals surface area contributed by atoms with Crippen LogP contribution in [0.1, 0.15) is 38.2 Å². The molecular weight excluding hydrogens is 356 g/mol. The molecule has 134 valence electrons. The summed E-state index contributed by atoms with van der Waals surface area (Å²) in [6.45, 7) is 7.94. The van der Waals surface area contributed by atoms with E-state index in [2.05, 4.69) is 21.7 Å². The first kappa shape index (κ1) is 18.1. The normalized spacial score (nSPS) is 14.2. The summed E-state index contributed by atoms with van der Waals surface area (Å²) in [6, 6.07) is 2.13. The van der Waals surface area contributed by atoms with Crippen molar-refractivity contribution in [3.63, 3.8) is 0 Å². The summed E-state index contributed by atoms with van der Waals surface area (Å²) in [5, 5.41) is 5.61. The van der Waals surface area contributed by atoms with E-state index < -0.39 is 0 Å². The molecule has 1 amide bonds. The zero-order valence-corrected chi connectivity index (χ0v) is 16.3. The number of esters is 1. The molecule has 0 saturated heterocycles. The van der Waals surface area contributed by atoms with Gasteiger partial charge in [-0.1, -0.05) is 0 Å². The number of hydrogen-bond acceptors (Lipinski definition) is 6. The molecule has 0 spiro atoms. The quantitative estimate of drug-likeness (QED) is 0.808. The highest BCUT2D eigenvalue weighted by Crippen LogP contribution is 2.33. The standard InChI is InChI=1S/C18H22N2O3S2/c1-4-23-18(22)16-11(2)12(3)25-17(16)19-15(21)10-20-7-5-14-13(9-20)6-8-24-14/h6,8H,4-5,7,9-10H2,1-3H3,(H,19,21). The third-order valence-corrected chi connectivity index (χ3v) is 6.52. The molecule has 2 aromatic heterocycles. The van der Waals surface area contributed by atoms with Crippen LogP contribution in [0.4, 0.5) is 5.00 Å². The second-order valence-corrected chi connectivity index (χ2v) is 8.31. The number of thiophene rings is 2. The first-order valence-electron chi connectivity index (χ1n) is 8.34. The van der Waals surface area contributed by atoms with Gasteiger partial charge in [-0.3, -0.25) is 9.69 Å². The number of carbonyl (C=O) groups excluding carboxylic acids is 2. The van der Waals surface area contributed by atoms with Crippen LogP contribution in [0, 0.1) is 13.8 Å². The Bertz CT molecular complexity index is 794. The van der Waals surface area contributed by atoms with Gasteiger partial charge in [-0.2, -0.15) is 0 Å². The lowest BCUT2D eigenvalue weighted by Gasteiger charge is -2.26. The monoisotopic (exact) mass is 378 g/mol. The molecule has 2 aromatic rings. The highest BCUT2D eigenvalue weighted by Gasteiger charge is 2.24. The van der Waals surface area contributed by atoms with Crippen molar-refractivity contribution < 1.29 is 14.3 Å². The molecule has 25 heavy (non-hydrogen) atoms. The molecule has 0 aliphatic carbocycles. The minimum atomic E-state index is -0.375. The molecule has 1 aliphatic heterocycles. The Morgan fingerprint density at radius 3 is 2.92 bits per heavy atom. The third kappa shape index (κ3) is 3.94. The summed E-state index contributed by atoms with van der Waals surface area (Å²) in [4.78, 5) is 29.3. The van der Waals surface area contributed by atoms with Gasteiger partial charge in [-0.05, 0) is 49.8 Å². The molecular formula is C18H22N2O3S2. The predicted molar refractivity (Wildman–Crippen MR) is 102 cm³/mol. The number of rotatable bonds is 5. The average Bonchev–Trinajstić information content (AvgIpc) is 3.12. The molecule has 0 fully saturated rings. The molecule has 3 heterocycles. The van der Waals surface area contributed by atoms with Gasteiger partial charge in [0.2, 0.25) is 5.91 Å². The van der Waals surface area contributed by atoms with Crippen molar-refractivity contribution in [2.45, 2.75) is 33.7 Å². The Kier molecular flexibility index (Phi) is 5.56. The van der Waals surface area contributed by atoms with Crippen LogP contribution in [0.15, 0.2) is 11.4 Å². The van der Waals surface area contributed by atoms with Crippen LogP contribution in [0.25, 0.3) is 0 Å². The summed E-state index contributed by atoms with van der Waals surface area (Å²) >= 11 is 3.21. The number of aryl methyl sites for hydroxylation is 1. The SMILES string of the molecule is CCOC(=O)c1c(NC(=O)CN2CCc3sccc3C2)sc(C)c1C. The number of hydrogen-bond donors (Lipinski definition) is 1. The second-order valence-electron chi connectivity index (χ2n) is 6.09. The molecule has 1 N–H and O–H groups in total. The fraction of sp³-hybridized carbons (Fsp3) is 0.444. The van der Waals surface area contributed by atoms with Crippen LogP contribution in [0.2, 0.25) is 0 Å². The summed E-state index contributed by atoms with van der Waals surface area (Å²) in [5.74, 6) is -0.467. The zero-order valence-electron chi connectivity index (χ0n) is 14.7. The topological polar surface area (TPSA) is 58.6 Å². The van der Waals surface area contributed by atoms with E-state index in [-0.39, 0.29) is 11.9 Å². The van der Waals surface area contributed by atoms with Crippen LogP contribution >= 0.6 is 22.7 Å². The molecule has 0 radical (unpaired) electrons. The predicted octanol–water partition coefficient (Wildman–Crippen LogP) is 3.60. The fourth-order valence-corrected chi connectivity index (χ4v) is 4.93. The summed E-state index contributed by atoms with van der Waals surface area (Å²) in [5.41, 5.74) is 2.68. The first-order chi connectivity index (χ1) is 12.0. The second kappa shape index (κ2) is 7.68. The van der Waals surface area contributed by atoms with E-state index in [4.69, 9.17) is 4.74 Å².